The normalized spacial score (nSPS) is 12.3. The molecule has 17 heavy (non-hydrogen) atoms. The average Bonchev–Trinajstić information content (AvgIpc) is 2.36. The first-order valence-electron chi connectivity index (χ1n) is 6.13. The maximum absolute atomic E-state index is 5.63. The largest absolute Gasteiger partial charge is 0.493 e. The Labute approximate surface area is 104 Å². The molecule has 0 aliphatic carbocycles. The summed E-state index contributed by atoms with van der Waals surface area (Å²) in [6.07, 6.45) is 1.92. The first-order valence-corrected chi connectivity index (χ1v) is 6.13. The summed E-state index contributed by atoms with van der Waals surface area (Å²) in [6, 6.07) is 4.10. The highest BCUT2D eigenvalue weighted by Crippen LogP contribution is 2.37. The van der Waals surface area contributed by atoms with Gasteiger partial charge in [-0.2, -0.15) is 0 Å². The zero-order chi connectivity index (χ0) is 12.8. The van der Waals surface area contributed by atoms with E-state index in [-0.39, 0.29) is 0 Å². The molecular weight excluding hydrogens is 214 g/mol. The van der Waals surface area contributed by atoms with Crippen molar-refractivity contribution in [1.29, 1.82) is 0 Å². The number of hydrogen-bond acceptors (Lipinski definition) is 3. The van der Waals surface area contributed by atoms with E-state index in [9.17, 15) is 0 Å². The molecule has 0 heterocycles. The van der Waals surface area contributed by atoms with Gasteiger partial charge < -0.3 is 15.2 Å². The Morgan fingerprint density at radius 1 is 1.24 bits per heavy atom. The lowest BCUT2D eigenvalue weighted by Crippen LogP contribution is -2.08. The highest BCUT2D eigenvalue weighted by molar-refractivity contribution is 5.51. The van der Waals surface area contributed by atoms with Crippen molar-refractivity contribution < 1.29 is 9.47 Å². The summed E-state index contributed by atoms with van der Waals surface area (Å²) < 4.78 is 10.8. The van der Waals surface area contributed by atoms with Gasteiger partial charge in [0.05, 0.1) is 14.2 Å². The van der Waals surface area contributed by atoms with Gasteiger partial charge >= 0.3 is 0 Å². The van der Waals surface area contributed by atoms with E-state index in [1.54, 1.807) is 14.2 Å². The molecule has 0 saturated carbocycles. The van der Waals surface area contributed by atoms with Crippen molar-refractivity contribution in [2.75, 3.05) is 20.8 Å². The zero-order valence-corrected chi connectivity index (χ0v) is 11.2. The van der Waals surface area contributed by atoms with Crippen LogP contribution in [0.1, 0.15) is 37.3 Å². The van der Waals surface area contributed by atoms with Crippen molar-refractivity contribution in [2.24, 2.45) is 5.73 Å². The molecule has 0 bridgehead atoms. The molecule has 1 aromatic rings. The lowest BCUT2D eigenvalue weighted by molar-refractivity contribution is 0.351. The third kappa shape index (κ3) is 2.91. The van der Waals surface area contributed by atoms with Crippen molar-refractivity contribution in [3.05, 3.63) is 23.3 Å². The summed E-state index contributed by atoms with van der Waals surface area (Å²) in [5.74, 6) is 2.11. The highest BCUT2D eigenvalue weighted by atomic mass is 16.5. The molecule has 1 atom stereocenters. The highest BCUT2D eigenvalue weighted by Gasteiger charge is 2.16. The molecular formula is C14H23NO2. The van der Waals surface area contributed by atoms with E-state index in [4.69, 9.17) is 15.2 Å². The number of benzene rings is 1. The molecule has 3 nitrogen and oxygen atoms in total. The van der Waals surface area contributed by atoms with Gasteiger partial charge in [-0.15, -0.1) is 0 Å². The molecule has 96 valence electrons. The Balaban J connectivity index is 3.22. The Morgan fingerprint density at radius 3 is 2.41 bits per heavy atom. The van der Waals surface area contributed by atoms with Gasteiger partial charge in [-0.25, -0.2) is 0 Å². The van der Waals surface area contributed by atoms with E-state index in [2.05, 4.69) is 19.9 Å². The second-order valence-electron chi connectivity index (χ2n) is 4.20. The molecule has 0 saturated heterocycles. The standard InChI is InChI=1S/C14H23NO2/c1-5-11-12(10(2)8-9-15)6-7-13(16-3)14(11)17-4/h6-7,10H,5,8-9,15H2,1-4H3. The fraction of sp³-hybridized carbons (Fsp3) is 0.571. The van der Waals surface area contributed by atoms with E-state index in [0.29, 0.717) is 12.5 Å². The second kappa shape index (κ2) is 6.50. The van der Waals surface area contributed by atoms with Gasteiger partial charge in [0.25, 0.3) is 0 Å². The summed E-state index contributed by atoms with van der Waals surface area (Å²) in [6.45, 7) is 5.04. The van der Waals surface area contributed by atoms with Crippen molar-refractivity contribution in [3.8, 4) is 11.5 Å². The molecule has 1 unspecified atom stereocenters. The molecule has 0 aliphatic heterocycles. The Morgan fingerprint density at radius 2 is 1.94 bits per heavy atom. The van der Waals surface area contributed by atoms with Gasteiger partial charge in [-0.05, 0) is 36.9 Å². The molecule has 0 spiro atoms. The first kappa shape index (κ1) is 13.8. The maximum atomic E-state index is 5.63. The smallest absolute Gasteiger partial charge is 0.164 e. The van der Waals surface area contributed by atoms with Crippen LogP contribution in [0.5, 0.6) is 11.5 Å². The summed E-state index contributed by atoms with van der Waals surface area (Å²) >= 11 is 0. The van der Waals surface area contributed by atoms with Crippen LogP contribution in [-0.2, 0) is 6.42 Å². The number of ether oxygens (including phenoxy) is 2. The molecule has 0 aromatic heterocycles. The summed E-state index contributed by atoms with van der Waals surface area (Å²) in [5.41, 5.74) is 8.17. The predicted molar refractivity (Wildman–Crippen MR) is 71.0 cm³/mol. The van der Waals surface area contributed by atoms with Gasteiger partial charge in [0.2, 0.25) is 0 Å². The average molecular weight is 237 g/mol. The van der Waals surface area contributed by atoms with E-state index in [1.165, 1.54) is 11.1 Å². The molecule has 0 amide bonds. The second-order valence-corrected chi connectivity index (χ2v) is 4.20. The monoisotopic (exact) mass is 237 g/mol. The van der Waals surface area contributed by atoms with Crippen LogP contribution in [0.3, 0.4) is 0 Å². The number of methoxy groups -OCH3 is 2. The van der Waals surface area contributed by atoms with Gasteiger partial charge in [-0.1, -0.05) is 19.9 Å². The van der Waals surface area contributed by atoms with Crippen molar-refractivity contribution >= 4 is 0 Å². The van der Waals surface area contributed by atoms with E-state index in [0.717, 1.165) is 24.3 Å². The number of nitrogens with two attached hydrogens (primary N) is 1. The maximum Gasteiger partial charge on any atom is 0.164 e. The van der Waals surface area contributed by atoms with Crippen LogP contribution >= 0.6 is 0 Å². The van der Waals surface area contributed by atoms with Gasteiger partial charge in [0.1, 0.15) is 0 Å². The molecule has 1 rings (SSSR count). The Bertz CT molecular complexity index is 363. The van der Waals surface area contributed by atoms with Crippen molar-refractivity contribution in [2.45, 2.75) is 32.6 Å². The molecule has 1 aromatic carbocycles. The minimum Gasteiger partial charge on any atom is -0.493 e. The summed E-state index contributed by atoms with van der Waals surface area (Å²) in [5, 5.41) is 0. The SMILES string of the molecule is CCc1c(C(C)CCN)ccc(OC)c1OC. The fourth-order valence-electron chi connectivity index (χ4n) is 2.24. The van der Waals surface area contributed by atoms with Gasteiger partial charge in [0.15, 0.2) is 11.5 Å². The minimum absolute atomic E-state index is 0.453. The lowest BCUT2D eigenvalue weighted by atomic mass is 9.91. The summed E-state index contributed by atoms with van der Waals surface area (Å²) in [4.78, 5) is 0. The molecule has 2 N–H and O–H groups in total. The molecule has 0 fully saturated rings. The first-order chi connectivity index (χ1) is 8.19. The van der Waals surface area contributed by atoms with E-state index in [1.807, 2.05) is 6.07 Å². The van der Waals surface area contributed by atoms with Crippen LogP contribution in [0.15, 0.2) is 12.1 Å². The molecule has 3 heteroatoms. The van der Waals surface area contributed by atoms with Gasteiger partial charge in [0, 0.05) is 5.56 Å². The zero-order valence-electron chi connectivity index (χ0n) is 11.2. The minimum atomic E-state index is 0.453. The van der Waals surface area contributed by atoms with Crippen LogP contribution in [-0.4, -0.2) is 20.8 Å². The molecule has 0 radical (unpaired) electrons. The molecule has 0 aliphatic rings. The van der Waals surface area contributed by atoms with Crippen LogP contribution in [0.4, 0.5) is 0 Å². The van der Waals surface area contributed by atoms with Crippen LogP contribution in [0.25, 0.3) is 0 Å². The topological polar surface area (TPSA) is 44.5 Å². The third-order valence-corrected chi connectivity index (χ3v) is 3.17. The van der Waals surface area contributed by atoms with Crippen LogP contribution in [0, 0.1) is 0 Å². The van der Waals surface area contributed by atoms with Crippen molar-refractivity contribution in [3.63, 3.8) is 0 Å². The van der Waals surface area contributed by atoms with E-state index >= 15 is 0 Å². The number of rotatable bonds is 6. The summed E-state index contributed by atoms with van der Waals surface area (Å²) in [7, 11) is 3.36. The van der Waals surface area contributed by atoms with Crippen LogP contribution < -0.4 is 15.2 Å². The number of hydrogen-bond donors (Lipinski definition) is 1. The predicted octanol–water partition coefficient (Wildman–Crippen LogP) is 2.72. The van der Waals surface area contributed by atoms with Crippen molar-refractivity contribution in [1.82, 2.24) is 0 Å². The Kier molecular flexibility index (Phi) is 5.29. The Hall–Kier alpha value is -1.22. The fourth-order valence-corrected chi connectivity index (χ4v) is 2.24. The van der Waals surface area contributed by atoms with Gasteiger partial charge in [-0.3, -0.25) is 0 Å². The third-order valence-electron chi connectivity index (χ3n) is 3.17. The quantitative estimate of drug-likeness (QED) is 0.827. The van der Waals surface area contributed by atoms with Crippen LogP contribution in [0.2, 0.25) is 0 Å². The van der Waals surface area contributed by atoms with E-state index < -0.39 is 0 Å². The lowest BCUT2D eigenvalue weighted by Gasteiger charge is -2.19.